The molecule has 7 nitrogen and oxygen atoms in total. The van der Waals surface area contributed by atoms with E-state index < -0.39 is 5.82 Å². The lowest BCUT2D eigenvalue weighted by molar-refractivity contribution is 0.150. The molecule has 0 atom stereocenters. The molecule has 37 heavy (non-hydrogen) atoms. The molecule has 0 spiro atoms. The van der Waals surface area contributed by atoms with Gasteiger partial charge >= 0.3 is 0 Å². The molecule has 0 unspecified atom stereocenters. The van der Waals surface area contributed by atoms with Crippen LogP contribution in [0.15, 0.2) is 67.3 Å². The van der Waals surface area contributed by atoms with Gasteiger partial charge in [-0.15, -0.1) is 0 Å². The molecule has 1 N–H and O–H groups in total. The van der Waals surface area contributed by atoms with E-state index >= 15 is 4.39 Å². The number of rotatable bonds is 6. The zero-order valence-electron chi connectivity index (χ0n) is 20.0. The average Bonchev–Trinajstić information content (AvgIpc) is 3.35. The van der Waals surface area contributed by atoms with Gasteiger partial charge in [0.25, 0.3) is 0 Å². The quantitative estimate of drug-likeness (QED) is 0.304. The van der Waals surface area contributed by atoms with Crippen LogP contribution in [0.5, 0.6) is 11.6 Å². The Balaban J connectivity index is 1.38. The van der Waals surface area contributed by atoms with Crippen molar-refractivity contribution < 1.29 is 14.2 Å². The van der Waals surface area contributed by atoms with Crippen LogP contribution in [-0.2, 0) is 0 Å². The number of likely N-dealkylation sites (tertiary alicyclic amines) is 1. The molecule has 0 saturated carbocycles. The molecule has 1 fully saturated rings. The first-order chi connectivity index (χ1) is 18.1. The Kier molecular flexibility index (Phi) is 6.46. The molecule has 0 radical (unpaired) electrons. The first kappa shape index (κ1) is 23.8. The molecule has 2 aromatic carbocycles. The van der Waals surface area contributed by atoms with Crippen molar-refractivity contribution in [2.75, 3.05) is 26.2 Å². The fourth-order valence-corrected chi connectivity index (χ4v) is 5.36. The Hall–Kier alpha value is -3.59. The SMILES string of the molecule is OCCN1CCC(n2cnc3cnc4cc(F)c(-c5ccc(Oc6ccccn6)cc5Cl)cc4c32)CC1. The van der Waals surface area contributed by atoms with E-state index in [0.29, 0.717) is 39.8 Å². The maximum absolute atomic E-state index is 15.3. The van der Waals surface area contributed by atoms with Gasteiger partial charge < -0.3 is 19.3 Å². The van der Waals surface area contributed by atoms with Crippen LogP contribution in [-0.4, -0.2) is 55.8 Å². The zero-order valence-corrected chi connectivity index (χ0v) is 20.8. The molecule has 1 aliphatic rings. The Morgan fingerprint density at radius 2 is 1.86 bits per heavy atom. The van der Waals surface area contributed by atoms with Crippen LogP contribution in [0.2, 0.25) is 5.02 Å². The van der Waals surface area contributed by atoms with Crippen LogP contribution in [0, 0.1) is 5.82 Å². The summed E-state index contributed by atoms with van der Waals surface area (Å²) in [5.41, 5.74) is 3.24. The average molecular weight is 518 g/mol. The number of hydrogen-bond acceptors (Lipinski definition) is 6. The standard InChI is InChI=1S/C28H25ClFN5O2/c29-23-13-19(37-27-3-1-2-8-31-27)4-5-20(23)21-14-22-25(15-24(21)30)32-16-26-28(22)35(17-33-26)18-6-9-34(10-7-18)11-12-36/h1-5,8,13-18,36H,6-7,9-12H2. The zero-order chi connectivity index (χ0) is 25.4. The fourth-order valence-electron chi connectivity index (χ4n) is 5.09. The second-order valence-corrected chi connectivity index (χ2v) is 9.61. The van der Waals surface area contributed by atoms with E-state index in [0.717, 1.165) is 42.4 Å². The Bertz CT molecular complexity index is 1570. The van der Waals surface area contributed by atoms with Gasteiger partial charge in [0.05, 0.1) is 35.2 Å². The molecular formula is C28H25ClFN5O2. The topological polar surface area (TPSA) is 76.3 Å². The lowest BCUT2D eigenvalue weighted by Gasteiger charge is -2.32. The molecular weight excluding hydrogens is 493 g/mol. The van der Waals surface area contributed by atoms with Gasteiger partial charge in [-0.3, -0.25) is 4.98 Å². The van der Waals surface area contributed by atoms with Crippen molar-refractivity contribution in [1.29, 1.82) is 0 Å². The highest BCUT2D eigenvalue weighted by atomic mass is 35.5. The third-order valence-electron chi connectivity index (χ3n) is 6.95. The van der Waals surface area contributed by atoms with Crippen molar-refractivity contribution in [2.45, 2.75) is 18.9 Å². The molecule has 1 aliphatic heterocycles. The second kappa shape index (κ2) is 10.0. The van der Waals surface area contributed by atoms with Crippen molar-refractivity contribution in [3.8, 4) is 22.8 Å². The molecule has 6 rings (SSSR count). The lowest BCUT2D eigenvalue weighted by atomic mass is 10.0. The summed E-state index contributed by atoms with van der Waals surface area (Å²) in [5.74, 6) is 0.568. The number of imidazole rings is 1. The number of aliphatic hydroxyl groups is 1. The monoisotopic (exact) mass is 517 g/mol. The highest BCUT2D eigenvalue weighted by Crippen LogP contribution is 2.38. The first-order valence-electron chi connectivity index (χ1n) is 12.3. The Morgan fingerprint density at radius 1 is 1.00 bits per heavy atom. The minimum atomic E-state index is -0.400. The highest BCUT2D eigenvalue weighted by Gasteiger charge is 2.23. The number of hydrogen-bond donors (Lipinski definition) is 1. The number of benzene rings is 2. The van der Waals surface area contributed by atoms with Crippen LogP contribution in [0.4, 0.5) is 4.39 Å². The van der Waals surface area contributed by atoms with Crippen molar-refractivity contribution in [2.24, 2.45) is 0 Å². The number of pyridine rings is 2. The van der Waals surface area contributed by atoms with Crippen molar-refractivity contribution in [3.05, 3.63) is 78.1 Å². The summed E-state index contributed by atoms with van der Waals surface area (Å²) in [6.07, 6.45) is 7.11. The van der Waals surface area contributed by atoms with Crippen LogP contribution >= 0.6 is 11.6 Å². The number of halogens is 2. The van der Waals surface area contributed by atoms with Gasteiger partial charge in [-0.2, -0.15) is 0 Å². The summed E-state index contributed by atoms with van der Waals surface area (Å²) in [4.78, 5) is 15.5. The summed E-state index contributed by atoms with van der Waals surface area (Å²) in [7, 11) is 0. The van der Waals surface area contributed by atoms with E-state index in [4.69, 9.17) is 16.3 Å². The number of fused-ring (bicyclic) bond motifs is 3. The Morgan fingerprint density at radius 3 is 2.62 bits per heavy atom. The molecule has 0 aliphatic carbocycles. The highest BCUT2D eigenvalue weighted by molar-refractivity contribution is 6.33. The minimum absolute atomic E-state index is 0.169. The van der Waals surface area contributed by atoms with Gasteiger partial charge in [0.1, 0.15) is 17.1 Å². The van der Waals surface area contributed by atoms with Crippen LogP contribution < -0.4 is 4.74 Å². The largest absolute Gasteiger partial charge is 0.439 e. The minimum Gasteiger partial charge on any atom is -0.439 e. The van der Waals surface area contributed by atoms with Gasteiger partial charge in [0, 0.05) is 66.6 Å². The summed E-state index contributed by atoms with van der Waals surface area (Å²) in [6, 6.07) is 14.1. The number of aliphatic hydroxyl groups excluding tert-OH is 1. The molecule has 9 heteroatoms. The number of nitrogens with zero attached hydrogens (tertiary/aromatic N) is 5. The summed E-state index contributed by atoms with van der Waals surface area (Å²) >= 11 is 6.62. The van der Waals surface area contributed by atoms with Gasteiger partial charge in [0.2, 0.25) is 5.88 Å². The first-order valence-corrected chi connectivity index (χ1v) is 12.7. The lowest BCUT2D eigenvalue weighted by Crippen LogP contribution is -2.36. The molecule has 5 aromatic rings. The van der Waals surface area contributed by atoms with E-state index in [1.807, 2.05) is 24.5 Å². The number of β-amino-alcohol motifs (C(OH)–C–C–N with tert-alkyl or cyclic N) is 1. The van der Waals surface area contributed by atoms with E-state index in [2.05, 4.69) is 24.4 Å². The molecule has 0 bridgehead atoms. The number of piperidine rings is 1. The Labute approximate surface area is 218 Å². The second-order valence-electron chi connectivity index (χ2n) is 9.20. The van der Waals surface area contributed by atoms with Gasteiger partial charge in [-0.25, -0.2) is 14.4 Å². The molecule has 3 aromatic heterocycles. The van der Waals surface area contributed by atoms with Crippen LogP contribution in [0.25, 0.3) is 33.1 Å². The predicted octanol–water partition coefficient (Wildman–Crippen LogP) is 5.86. The van der Waals surface area contributed by atoms with Crippen LogP contribution in [0.3, 0.4) is 0 Å². The van der Waals surface area contributed by atoms with E-state index in [-0.39, 0.29) is 12.6 Å². The van der Waals surface area contributed by atoms with Gasteiger partial charge in [0.15, 0.2) is 0 Å². The predicted molar refractivity (Wildman–Crippen MR) is 142 cm³/mol. The maximum atomic E-state index is 15.3. The van der Waals surface area contributed by atoms with Crippen molar-refractivity contribution in [1.82, 2.24) is 24.4 Å². The van der Waals surface area contributed by atoms with Crippen LogP contribution in [0.1, 0.15) is 18.9 Å². The van der Waals surface area contributed by atoms with Crippen molar-refractivity contribution >= 4 is 33.5 Å². The van der Waals surface area contributed by atoms with Gasteiger partial charge in [-0.05, 0) is 37.1 Å². The molecule has 188 valence electrons. The summed E-state index contributed by atoms with van der Waals surface area (Å²) in [5, 5.41) is 10.5. The number of ether oxygens (including phenoxy) is 1. The van der Waals surface area contributed by atoms with E-state index in [1.54, 1.807) is 36.7 Å². The number of aromatic nitrogens is 4. The molecule has 4 heterocycles. The van der Waals surface area contributed by atoms with E-state index in [1.165, 1.54) is 6.07 Å². The smallest absolute Gasteiger partial charge is 0.219 e. The molecule has 0 amide bonds. The summed E-state index contributed by atoms with van der Waals surface area (Å²) < 4.78 is 23.3. The fraction of sp³-hybridized carbons (Fsp3) is 0.250. The normalized spacial score (nSPS) is 15.0. The maximum Gasteiger partial charge on any atom is 0.219 e. The molecule has 1 saturated heterocycles. The van der Waals surface area contributed by atoms with Gasteiger partial charge in [-0.1, -0.05) is 17.7 Å². The summed E-state index contributed by atoms with van der Waals surface area (Å²) in [6.45, 7) is 2.69. The third-order valence-corrected chi connectivity index (χ3v) is 7.26. The third kappa shape index (κ3) is 4.64. The van der Waals surface area contributed by atoms with Crippen molar-refractivity contribution in [3.63, 3.8) is 0 Å². The van der Waals surface area contributed by atoms with E-state index in [9.17, 15) is 5.11 Å².